The summed E-state index contributed by atoms with van der Waals surface area (Å²) in [7, 11) is 0. The first-order valence-electron chi connectivity index (χ1n) is 5.81. The van der Waals surface area contributed by atoms with E-state index >= 15 is 0 Å². The van der Waals surface area contributed by atoms with Gasteiger partial charge in [-0.25, -0.2) is 4.98 Å². The Morgan fingerprint density at radius 2 is 2.11 bits per heavy atom. The third kappa shape index (κ3) is 2.40. The topological polar surface area (TPSA) is 57.8 Å². The molecule has 1 aromatic carbocycles. The first-order valence-corrected chi connectivity index (χ1v) is 5.81. The Kier molecular flexibility index (Phi) is 2.51. The number of H-pyrrole nitrogens is 1. The Labute approximate surface area is 106 Å². The number of aromatic nitrogens is 2. The molecule has 0 spiro atoms. The van der Waals surface area contributed by atoms with Crippen LogP contribution >= 0.6 is 0 Å². The number of imidazole rings is 1. The molecule has 2 N–H and O–H groups in total. The van der Waals surface area contributed by atoms with Gasteiger partial charge in [-0.2, -0.15) is 13.2 Å². The number of nitrogens with one attached hydrogen (secondary N) is 2. The Hall–Kier alpha value is -2.05. The standard InChI is InChI=1S/C12H10F3N3O/c13-12(14,15)11-17-8-4-3-7(5-9(8)18-11)16-10(19)6-1-2-6/h3-6H,1-2H2,(H,16,19)(H,17,18). The number of rotatable bonds is 2. The molecule has 2 aromatic rings. The van der Waals surface area contributed by atoms with Gasteiger partial charge in [0.2, 0.25) is 11.7 Å². The van der Waals surface area contributed by atoms with Crippen LogP contribution in [0.1, 0.15) is 18.7 Å². The molecule has 1 aliphatic rings. The van der Waals surface area contributed by atoms with Crippen molar-refractivity contribution in [3.05, 3.63) is 24.0 Å². The Bertz CT molecular complexity index is 643. The Morgan fingerprint density at radius 1 is 1.37 bits per heavy atom. The van der Waals surface area contributed by atoms with Crippen molar-refractivity contribution in [1.82, 2.24) is 9.97 Å². The number of nitrogens with zero attached hydrogens (tertiary/aromatic N) is 1. The van der Waals surface area contributed by atoms with E-state index in [4.69, 9.17) is 0 Å². The van der Waals surface area contributed by atoms with Crippen molar-refractivity contribution in [2.24, 2.45) is 5.92 Å². The van der Waals surface area contributed by atoms with E-state index in [-0.39, 0.29) is 22.9 Å². The van der Waals surface area contributed by atoms with E-state index in [2.05, 4.69) is 15.3 Å². The zero-order chi connectivity index (χ0) is 13.6. The molecular formula is C12H10F3N3O. The van der Waals surface area contributed by atoms with Crippen LogP contribution in [0.25, 0.3) is 11.0 Å². The molecule has 1 heterocycles. The molecule has 1 aliphatic carbocycles. The van der Waals surface area contributed by atoms with E-state index in [1.807, 2.05) is 0 Å². The van der Waals surface area contributed by atoms with Crippen molar-refractivity contribution < 1.29 is 18.0 Å². The van der Waals surface area contributed by atoms with E-state index in [9.17, 15) is 18.0 Å². The number of benzene rings is 1. The molecule has 0 saturated heterocycles. The zero-order valence-corrected chi connectivity index (χ0v) is 9.71. The van der Waals surface area contributed by atoms with Gasteiger partial charge >= 0.3 is 6.18 Å². The van der Waals surface area contributed by atoms with Gasteiger partial charge in [0.25, 0.3) is 0 Å². The third-order valence-electron chi connectivity index (χ3n) is 2.97. The van der Waals surface area contributed by atoms with Crippen LogP contribution in [-0.2, 0) is 11.0 Å². The fourth-order valence-electron chi connectivity index (χ4n) is 1.81. The lowest BCUT2D eigenvalue weighted by Gasteiger charge is -2.03. The fourth-order valence-corrected chi connectivity index (χ4v) is 1.81. The molecule has 1 amide bonds. The minimum Gasteiger partial charge on any atom is -0.334 e. The number of aromatic amines is 1. The minimum absolute atomic E-state index is 0.0446. The highest BCUT2D eigenvalue weighted by molar-refractivity contribution is 5.95. The molecule has 7 heteroatoms. The van der Waals surface area contributed by atoms with Crippen LogP contribution in [0.3, 0.4) is 0 Å². The van der Waals surface area contributed by atoms with Gasteiger partial charge in [0.15, 0.2) is 0 Å². The number of fused-ring (bicyclic) bond motifs is 1. The van der Waals surface area contributed by atoms with E-state index in [0.717, 1.165) is 12.8 Å². The van der Waals surface area contributed by atoms with Gasteiger partial charge in [-0.15, -0.1) is 0 Å². The summed E-state index contributed by atoms with van der Waals surface area (Å²) < 4.78 is 37.5. The number of amides is 1. The van der Waals surface area contributed by atoms with Crippen LogP contribution < -0.4 is 5.32 Å². The van der Waals surface area contributed by atoms with E-state index < -0.39 is 12.0 Å². The van der Waals surface area contributed by atoms with E-state index in [0.29, 0.717) is 5.69 Å². The number of alkyl halides is 3. The lowest BCUT2D eigenvalue weighted by molar-refractivity contribution is -0.144. The largest absolute Gasteiger partial charge is 0.449 e. The minimum atomic E-state index is -4.50. The maximum atomic E-state index is 12.5. The zero-order valence-electron chi connectivity index (χ0n) is 9.71. The lowest BCUT2D eigenvalue weighted by Crippen LogP contribution is -2.13. The van der Waals surface area contributed by atoms with Crippen molar-refractivity contribution >= 4 is 22.6 Å². The molecule has 4 nitrogen and oxygen atoms in total. The van der Waals surface area contributed by atoms with Crippen molar-refractivity contribution in [3.8, 4) is 0 Å². The second-order valence-electron chi connectivity index (χ2n) is 4.58. The van der Waals surface area contributed by atoms with Crippen LogP contribution in [0.5, 0.6) is 0 Å². The number of hydrogen-bond donors (Lipinski definition) is 2. The summed E-state index contributed by atoms with van der Waals surface area (Å²) in [6, 6.07) is 4.45. The van der Waals surface area contributed by atoms with Crippen LogP contribution in [0.2, 0.25) is 0 Å². The predicted molar refractivity (Wildman–Crippen MR) is 62.4 cm³/mol. The molecule has 0 aliphatic heterocycles. The highest BCUT2D eigenvalue weighted by Gasteiger charge is 2.34. The molecule has 0 unspecified atom stereocenters. The van der Waals surface area contributed by atoms with Crippen LogP contribution in [0.15, 0.2) is 18.2 Å². The monoisotopic (exact) mass is 269 g/mol. The molecule has 0 atom stereocenters. The van der Waals surface area contributed by atoms with Crippen molar-refractivity contribution in [2.75, 3.05) is 5.32 Å². The average Bonchev–Trinajstić information content (AvgIpc) is 3.07. The summed E-state index contributed by atoms with van der Waals surface area (Å²) in [6.07, 6.45) is -2.76. The molecule has 1 saturated carbocycles. The molecule has 19 heavy (non-hydrogen) atoms. The summed E-state index contributed by atoms with van der Waals surface area (Å²) in [6.45, 7) is 0. The Morgan fingerprint density at radius 3 is 2.74 bits per heavy atom. The van der Waals surface area contributed by atoms with Gasteiger partial charge in [-0.1, -0.05) is 0 Å². The Balaban J connectivity index is 1.89. The second kappa shape index (κ2) is 3.97. The van der Waals surface area contributed by atoms with Gasteiger partial charge in [-0.3, -0.25) is 4.79 Å². The molecule has 0 radical (unpaired) electrons. The van der Waals surface area contributed by atoms with Crippen molar-refractivity contribution in [1.29, 1.82) is 0 Å². The van der Waals surface area contributed by atoms with Crippen LogP contribution in [-0.4, -0.2) is 15.9 Å². The van der Waals surface area contributed by atoms with E-state index in [1.165, 1.54) is 12.1 Å². The van der Waals surface area contributed by atoms with E-state index in [1.54, 1.807) is 6.07 Å². The molecule has 3 rings (SSSR count). The maximum absolute atomic E-state index is 12.5. The smallest absolute Gasteiger partial charge is 0.334 e. The number of hydrogen-bond acceptors (Lipinski definition) is 2. The number of carbonyl (C=O) groups excluding carboxylic acids is 1. The quantitative estimate of drug-likeness (QED) is 0.880. The predicted octanol–water partition coefficient (Wildman–Crippen LogP) is 2.93. The van der Waals surface area contributed by atoms with Crippen molar-refractivity contribution in [3.63, 3.8) is 0 Å². The summed E-state index contributed by atoms with van der Waals surface area (Å²) >= 11 is 0. The molecular weight excluding hydrogens is 259 g/mol. The third-order valence-corrected chi connectivity index (χ3v) is 2.97. The number of halogens is 3. The summed E-state index contributed by atoms with van der Waals surface area (Å²) in [5.41, 5.74) is 0.944. The van der Waals surface area contributed by atoms with Gasteiger partial charge < -0.3 is 10.3 Å². The van der Waals surface area contributed by atoms with Gasteiger partial charge in [0, 0.05) is 11.6 Å². The molecule has 1 aromatic heterocycles. The van der Waals surface area contributed by atoms with Crippen LogP contribution in [0, 0.1) is 5.92 Å². The second-order valence-corrected chi connectivity index (χ2v) is 4.58. The highest BCUT2D eigenvalue weighted by Crippen LogP contribution is 2.31. The maximum Gasteiger partial charge on any atom is 0.449 e. The van der Waals surface area contributed by atoms with Gasteiger partial charge in [0.1, 0.15) is 0 Å². The summed E-state index contributed by atoms with van der Waals surface area (Å²) in [5.74, 6) is -1.08. The first kappa shape index (κ1) is 12.0. The molecule has 0 bridgehead atoms. The number of carbonyl (C=O) groups is 1. The SMILES string of the molecule is O=C(Nc1ccc2nc(C(F)(F)F)[nH]c2c1)C1CC1. The molecule has 100 valence electrons. The first-order chi connectivity index (χ1) is 8.93. The lowest BCUT2D eigenvalue weighted by atomic mass is 10.2. The summed E-state index contributed by atoms with van der Waals surface area (Å²) in [4.78, 5) is 17.2. The average molecular weight is 269 g/mol. The fraction of sp³-hybridized carbons (Fsp3) is 0.333. The number of anilines is 1. The van der Waals surface area contributed by atoms with Gasteiger partial charge in [-0.05, 0) is 31.0 Å². The van der Waals surface area contributed by atoms with Crippen LogP contribution in [0.4, 0.5) is 18.9 Å². The van der Waals surface area contributed by atoms with Crippen molar-refractivity contribution in [2.45, 2.75) is 19.0 Å². The van der Waals surface area contributed by atoms with Gasteiger partial charge in [0.05, 0.1) is 11.0 Å². The highest BCUT2D eigenvalue weighted by atomic mass is 19.4. The summed E-state index contributed by atoms with van der Waals surface area (Å²) in [5, 5.41) is 2.68. The normalized spacial score (nSPS) is 15.7. The molecule has 1 fully saturated rings.